The molecule has 0 aromatic carbocycles. The Balaban J connectivity index is 2.67. The van der Waals surface area contributed by atoms with Crippen molar-refractivity contribution in [2.75, 3.05) is 13.7 Å². The number of methoxy groups -OCH3 is 1. The summed E-state index contributed by atoms with van der Waals surface area (Å²) in [5, 5.41) is 8.16. The van der Waals surface area contributed by atoms with Gasteiger partial charge in [-0.05, 0) is 19.3 Å². The Hall–Kier alpha value is -1.01. The molecule has 0 saturated carbocycles. The van der Waals surface area contributed by atoms with Gasteiger partial charge in [-0.3, -0.25) is 0 Å². The van der Waals surface area contributed by atoms with Gasteiger partial charge in [0.2, 0.25) is 0 Å². The van der Waals surface area contributed by atoms with Crippen LogP contribution in [0.2, 0.25) is 0 Å². The zero-order valence-electron chi connectivity index (χ0n) is 10.5. The lowest BCUT2D eigenvalue weighted by Crippen LogP contribution is -2.14. The van der Waals surface area contributed by atoms with E-state index in [1.54, 1.807) is 7.11 Å². The summed E-state index contributed by atoms with van der Waals surface area (Å²) in [4.78, 5) is 0.330. The van der Waals surface area contributed by atoms with Gasteiger partial charge in [0, 0.05) is 20.3 Å². The second-order valence-electron chi connectivity index (χ2n) is 3.92. The SMILES string of the molecule is CCCc1c(C(N)=S)nnn1CCCCOC. The highest BCUT2D eigenvalue weighted by atomic mass is 32.1. The molecule has 17 heavy (non-hydrogen) atoms. The molecule has 0 aliphatic carbocycles. The van der Waals surface area contributed by atoms with E-state index >= 15 is 0 Å². The van der Waals surface area contributed by atoms with Gasteiger partial charge in [-0.2, -0.15) is 0 Å². The number of unbranched alkanes of at least 4 members (excludes halogenated alkanes) is 1. The van der Waals surface area contributed by atoms with E-state index in [1.807, 2.05) is 4.68 Å². The second kappa shape index (κ2) is 7.34. The monoisotopic (exact) mass is 256 g/mol. The van der Waals surface area contributed by atoms with E-state index in [9.17, 15) is 0 Å². The number of ether oxygens (including phenoxy) is 1. The molecule has 0 aliphatic heterocycles. The number of thiocarbonyl (C=S) groups is 1. The minimum Gasteiger partial charge on any atom is -0.388 e. The second-order valence-corrected chi connectivity index (χ2v) is 4.36. The fourth-order valence-electron chi connectivity index (χ4n) is 1.70. The third kappa shape index (κ3) is 4.05. The van der Waals surface area contributed by atoms with Gasteiger partial charge >= 0.3 is 0 Å². The Kier molecular flexibility index (Phi) is 6.07. The fraction of sp³-hybridized carbons (Fsp3) is 0.727. The highest BCUT2D eigenvalue weighted by Gasteiger charge is 2.13. The maximum Gasteiger partial charge on any atom is 0.143 e. The maximum absolute atomic E-state index is 5.63. The lowest BCUT2D eigenvalue weighted by molar-refractivity contribution is 0.190. The van der Waals surface area contributed by atoms with Gasteiger partial charge in [0.25, 0.3) is 0 Å². The van der Waals surface area contributed by atoms with E-state index in [0.29, 0.717) is 10.7 Å². The van der Waals surface area contributed by atoms with Crippen LogP contribution < -0.4 is 5.73 Å². The van der Waals surface area contributed by atoms with Gasteiger partial charge in [0.15, 0.2) is 0 Å². The molecule has 0 spiro atoms. The third-order valence-corrected chi connectivity index (χ3v) is 2.72. The first-order valence-electron chi connectivity index (χ1n) is 5.91. The normalized spacial score (nSPS) is 10.7. The summed E-state index contributed by atoms with van der Waals surface area (Å²) in [7, 11) is 1.71. The van der Waals surface area contributed by atoms with E-state index in [1.165, 1.54) is 0 Å². The lowest BCUT2D eigenvalue weighted by Gasteiger charge is -2.06. The molecule has 1 aromatic rings. The zero-order chi connectivity index (χ0) is 12.7. The smallest absolute Gasteiger partial charge is 0.143 e. The van der Waals surface area contributed by atoms with Crippen LogP contribution in [0.3, 0.4) is 0 Å². The molecule has 0 unspecified atom stereocenters. The summed E-state index contributed by atoms with van der Waals surface area (Å²) in [6, 6.07) is 0. The molecule has 0 atom stereocenters. The van der Waals surface area contributed by atoms with Gasteiger partial charge in [-0.15, -0.1) is 5.10 Å². The highest BCUT2D eigenvalue weighted by molar-refractivity contribution is 7.80. The molecule has 0 amide bonds. The highest BCUT2D eigenvalue weighted by Crippen LogP contribution is 2.09. The number of hydrogen-bond acceptors (Lipinski definition) is 4. The molecular formula is C11H20N4OS. The minimum absolute atomic E-state index is 0.330. The molecule has 96 valence electrons. The Morgan fingerprint density at radius 1 is 1.47 bits per heavy atom. The topological polar surface area (TPSA) is 66.0 Å². The van der Waals surface area contributed by atoms with Crippen molar-refractivity contribution < 1.29 is 4.74 Å². The summed E-state index contributed by atoms with van der Waals surface area (Å²) < 4.78 is 6.93. The number of hydrogen-bond donors (Lipinski definition) is 1. The molecule has 1 heterocycles. The molecule has 2 N–H and O–H groups in total. The Labute approximate surface area is 107 Å². The van der Waals surface area contributed by atoms with Gasteiger partial charge in [-0.25, -0.2) is 4.68 Å². The standard InChI is InChI=1S/C11H20N4OS/c1-3-6-9-10(11(12)17)13-14-15(9)7-4-5-8-16-2/h3-8H2,1-2H3,(H2,12,17). The van der Waals surface area contributed by atoms with Crippen LogP contribution in [0.5, 0.6) is 0 Å². The zero-order valence-corrected chi connectivity index (χ0v) is 11.3. The summed E-state index contributed by atoms with van der Waals surface area (Å²) in [6.07, 6.45) is 3.97. The first kappa shape index (κ1) is 14.1. The van der Waals surface area contributed by atoms with Crippen LogP contribution in [-0.4, -0.2) is 33.7 Å². The lowest BCUT2D eigenvalue weighted by atomic mass is 10.2. The summed E-state index contributed by atoms with van der Waals surface area (Å²) in [5.74, 6) is 0. The van der Waals surface area contributed by atoms with Crippen molar-refractivity contribution in [3.8, 4) is 0 Å². The summed E-state index contributed by atoms with van der Waals surface area (Å²) >= 11 is 4.97. The van der Waals surface area contributed by atoms with Crippen LogP contribution in [0, 0.1) is 0 Å². The number of rotatable bonds is 8. The van der Waals surface area contributed by atoms with Crippen molar-refractivity contribution in [2.24, 2.45) is 5.73 Å². The quantitative estimate of drug-likeness (QED) is 0.561. The number of nitrogens with zero attached hydrogens (tertiary/aromatic N) is 3. The van der Waals surface area contributed by atoms with Gasteiger partial charge in [0.1, 0.15) is 10.7 Å². The van der Waals surface area contributed by atoms with Crippen LogP contribution in [-0.2, 0) is 17.7 Å². The molecule has 0 radical (unpaired) electrons. The minimum atomic E-state index is 0.330. The number of aromatic nitrogens is 3. The molecule has 1 rings (SSSR count). The van der Waals surface area contributed by atoms with Crippen molar-refractivity contribution in [3.63, 3.8) is 0 Å². The molecule has 6 heteroatoms. The van der Waals surface area contributed by atoms with Crippen LogP contribution in [0.1, 0.15) is 37.6 Å². The molecular weight excluding hydrogens is 236 g/mol. The molecule has 0 bridgehead atoms. The number of aryl methyl sites for hydroxylation is 1. The third-order valence-electron chi connectivity index (χ3n) is 2.53. The Morgan fingerprint density at radius 2 is 2.24 bits per heavy atom. The van der Waals surface area contributed by atoms with E-state index in [4.69, 9.17) is 22.7 Å². The van der Waals surface area contributed by atoms with Crippen LogP contribution >= 0.6 is 12.2 Å². The molecule has 0 saturated heterocycles. The van der Waals surface area contributed by atoms with Crippen LogP contribution in [0.25, 0.3) is 0 Å². The fourth-order valence-corrected chi connectivity index (χ4v) is 1.85. The predicted molar refractivity (Wildman–Crippen MR) is 71.0 cm³/mol. The van der Waals surface area contributed by atoms with Gasteiger partial charge < -0.3 is 10.5 Å². The van der Waals surface area contributed by atoms with Crippen LogP contribution in [0.4, 0.5) is 0 Å². The van der Waals surface area contributed by atoms with Gasteiger partial charge in [0.05, 0.1) is 5.69 Å². The molecule has 0 aliphatic rings. The summed E-state index contributed by atoms with van der Waals surface area (Å²) in [6.45, 7) is 3.74. The molecule has 0 fully saturated rings. The first-order chi connectivity index (χ1) is 8.20. The average Bonchev–Trinajstić information content (AvgIpc) is 2.69. The number of nitrogens with two attached hydrogens (primary N) is 1. The van der Waals surface area contributed by atoms with Crippen molar-refractivity contribution in [1.82, 2.24) is 15.0 Å². The van der Waals surface area contributed by atoms with Gasteiger partial charge in [-0.1, -0.05) is 30.8 Å². The molecule has 1 aromatic heterocycles. The molecule has 5 nitrogen and oxygen atoms in total. The van der Waals surface area contributed by atoms with Crippen molar-refractivity contribution in [3.05, 3.63) is 11.4 Å². The van der Waals surface area contributed by atoms with E-state index in [2.05, 4.69) is 17.2 Å². The van der Waals surface area contributed by atoms with Crippen molar-refractivity contribution >= 4 is 17.2 Å². The van der Waals surface area contributed by atoms with E-state index < -0.39 is 0 Å². The first-order valence-corrected chi connectivity index (χ1v) is 6.32. The largest absolute Gasteiger partial charge is 0.388 e. The predicted octanol–water partition coefficient (Wildman–Crippen LogP) is 1.29. The Bertz CT molecular complexity index is 364. The average molecular weight is 256 g/mol. The van der Waals surface area contributed by atoms with Crippen LogP contribution in [0.15, 0.2) is 0 Å². The maximum atomic E-state index is 5.63. The summed E-state index contributed by atoms with van der Waals surface area (Å²) in [5.41, 5.74) is 7.36. The van der Waals surface area contributed by atoms with E-state index in [0.717, 1.165) is 44.5 Å². The Morgan fingerprint density at radius 3 is 2.82 bits per heavy atom. The van der Waals surface area contributed by atoms with E-state index in [-0.39, 0.29) is 0 Å². The van der Waals surface area contributed by atoms with Crippen molar-refractivity contribution in [2.45, 2.75) is 39.2 Å². The van der Waals surface area contributed by atoms with Crippen molar-refractivity contribution in [1.29, 1.82) is 0 Å².